The molecule has 0 saturated carbocycles. The van der Waals surface area contributed by atoms with Crippen LogP contribution in [-0.4, -0.2) is 24.3 Å². The van der Waals surface area contributed by atoms with Crippen molar-refractivity contribution in [3.8, 4) is 6.07 Å². The number of aromatic carboxylic acids is 1. The minimum atomic E-state index is -0.950. The molecule has 1 aliphatic heterocycles. The lowest BCUT2D eigenvalue weighted by molar-refractivity contribution is 0.0671. The van der Waals surface area contributed by atoms with Gasteiger partial charge in [-0.2, -0.15) is 5.26 Å². The molecule has 88 valence electrons. The molecule has 0 aliphatic carbocycles. The van der Waals surface area contributed by atoms with E-state index in [0.29, 0.717) is 26.1 Å². The predicted molar refractivity (Wildman–Crippen MR) is 60.7 cm³/mol. The van der Waals surface area contributed by atoms with Gasteiger partial charge in [-0.1, -0.05) is 12.1 Å². The Balaban J connectivity index is 2.32. The van der Waals surface area contributed by atoms with E-state index >= 15 is 0 Å². The van der Waals surface area contributed by atoms with Gasteiger partial charge in [-0.05, 0) is 30.5 Å². The largest absolute Gasteiger partial charge is 0.478 e. The second-order valence-corrected chi connectivity index (χ2v) is 4.19. The van der Waals surface area contributed by atoms with Crippen molar-refractivity contribution in [2.75, 3.05) is 13.2 Å². The van der Waals surface area contributed by atoms with Crippen LogP contribution in [0.1, 0.15) is 28.8 Å². The van der Waals surface area contributed by atoms with Crippen LogP contribution in [0.5, 0.6) is 0 Å². The number of benzene rings is 1. The van der Waals surface area contributed by atoms with E-state index in [1.54, 1.807) is 24.3 Å². The molecule has 1 fully saturated rings. The van der Waals surface area contributed by atoms with Gasteiger partial charge < -0.3 is 9.84 Å². The van der Waals surface area contributed by atoms with Crippen LogP contribution in [0, 0.1) is 11.3 Å². The molecule has 0 amide bonds. The van der Waals surface area contributed by atoms with Crippen LogP contribution in [0.25, 0.3) is 0 Å². The highest BCUT2D eigenvalue weighted by Crippen LogP contribution is 2.34. The molecule has 17 heavy (non-hydrogen) atoms. The summed E-state index contributed by atoms with van der Waals surface area (Å²) < 4.78 is 5.26. The zero-order valence-corrected chi connectivity index (χ0v) is 9.35. The van der Waals surface area contributed by atoms with Crippen molar-refractivity contribution >= 4 is 5.97 Å². The van der Waals surface area contributed by atoms with Gasteiger partial charge in [0.25, 0.3) is 0 Å². The fraction of sp³-hybridized carbons (Fsp3) is 0.385. The van der Waals surface area contributed by atoms with Gasteiger partial charge >= 0.3 is 5.97 Å². The van der Waals surface area contributed by atoms with E-state index in [0.717, 1.165) is 5.56 Å². The number of carbonyl (C=O) groups is 1. The van der Waals surface area contributed by atoms with Crippen molar-refractivity contribution in [1.29, 1.82) is 5.26 Å². The number of carboxylic acid groups (broad SMARTS) is 1. The van der Waals surface area contributed by atoms with Crippen LogP contribution in [0.4, 0.5) is 0 Å². The molecular formula is C13H13NO3. The Bertz CT molecular complexity index is 453. The van der Waals surface area contributed by atoms with Gasteiger partial charge in [0.15, 0.2) is 0 Å². The maximum atomic E-state index is 10.8. The number of rotatable bonds is 2. The highest BCUT2D eigenvalue weighted by Gasteiger charge is 2.34. The Labute approximate surface area is 99.4 Å². The highest BCUT2D eigenvalue weighted by atomic mass is 16.5. The molecule has 1 saturated heterocycles. The lowest BCUT2D eigenvalue weighted by Gasteiger charge is -2.31. The van der Waals surface area contributed by atoms with E-state index < -0.39 is 11.4 Å². The van der Waals surface area contributed by atoms with Crippen molar-refractivity contribution < 1.29 is 14.6 Å². The van der Waals surface area contributed by atoms with Gasteiger partial charge in [0.05, 0.1) is 17.0 Å². The van der Waals surface area contributed by atoms with Gasteiger partial charge in [0, 0.05) is 13.2 Å². The van der Waals surface area contributed by atoms with Crippen LogP contribution in [0.3, 0.4) is 0 Å². The molecule has 2 rings (SSSR count). The summed E-state index contributed by atoms with van der Waals surface area (Å²) in [5.74, 6) is -0.950. The molecule has 0 radical (unpaired) electrons. The van der Waals surface area contributed by atoms with Crippen molar-refractivity contribution in [2.45, 2.75) is 18.3 Å². The highest BCUT2D eigenvalue weighted by molar-refractivity contribution is 5.87. The number of nitriles is 1. The summed E-state index contributed by atoms with van der Waals surface area (Å²) in [6.45, 7) is 1.16. The third kappa shape index (κ3) is 2.15. The second-order valence-electron chi connectivity index (χ2n) is 4.19. The van der Waals surface area contributed by atoms with Gasteiger partial charge in [-0.3, -0.25) is 0 Å². The number of ether oxygens (including phenoxy) is 1. The number of hydrogen-bond acceptors (Lipinski definition) is 3. The van der Waals surface area contributed by atoms with Gasteiger partial charge in [0.1, 0.15) is 0 Å². The average molecular weight is 231 g/mol. The Morgan fingerprint density at radius 2 is 1.88 bits per heavy atom. The van der Waals surface area contributed by atoms with Crippen LogP contribution >= 0.6 is 0 Å². The first kappa shape index (κ1) is 11.6. The van der Waals surface area contributed by atoms with E-state index in [2.05, 4.69) is 6.07 Å². The fourth-order valence-corrected chi connectivity index (χ4v) is 2.12. The summed E-state index contributed by atoms with van der Waals surface area (Å²) in [6, 6.07) is 8.92. The topological polar surface area (TPSA) is 70.3 Å². The summed E-state index contributed by atoms with van der Waals surface area (Å²) >= 11 is 0. The van der Waals surface area contributed by atoms with Crippen molar-refractivity contribution in [2.24, 2.45) is 0 Å². The van der Waals surface area contributed by atoms with Gasteiger partial charge in [0.2, 0.25) is 0 Å². The van der Waals surface area contributed by atoms with E-state index in [1.165, 1.54) is 0 Å². The minimum absolute atomic E-state index is 0.244. The summed E-state index contributed by atoms with van der Waals surface area (Å²) in [4.78, 5) is 10.8. The smallest absolute Gasteiger partial charge is 0.335 e. The average Bonchev–Trinajstić information content (AvgIpc) is 2.39. The molecule has 0 unspecified atom stereocenters. The molecule has 1 heterocycles. The molecule has 4 heteroatoms. The minimum Gasteiger partial charge on any atom is -0.478 e. The Hall–Kier alpha value is -1.86. The zero-order valence-electron chi connectivity index (χ0n) is 9.35. The predicted octanol–water partition coefficient (Wildman–Crippen LogP) is 1.96. The maximum Gasteiger partial charge on any atom is 0.335 e. The molecule has 1 aliphatic rings. The SMILES string of the molecule is N#CC1(c2ccc(C(=O)O)cc2)CCOCC1. The first-order valence-corrected chi connectivity index (χ1v) is 5.51. The van der Waals surface area contributed by atoms with Crippen LogP contribution < -0.4 is 0 Å². The Morgan fingerprint density at radius 1 is 1.29 bits per heavy atom. The fourth-order valence-electron chi connectivity index (χ4n) is 2.12. The molecule has 0 atom stereocenters. The Kier molecular flexibility index (Phi) is 3.12. The van der Waals surface area contributed by atoms with E-state index in [1.807, 2.05) is 0 Å². The number of nitrogens with zero attached hydrogens (tertiary/aromatic N) is 1. The first-order chi connectivity index (χ1) is 8.18. The van der Waals surface area contributed by atoms with E-state index in [9.17, 15) is 10.1 Å². The molecule has 1 aromatic rings. The Morgan fingerprint density at radius 3 is 2.35 bits per heavy atom. The van der Waals surface area contributed by atoms with E-state index in [4.69, 9.17) is 9.84 Å². The van der Waals surface area contributed by atoms with Crippen molar-refractivity contribution in [1.82, 2.24) is 0 Å². The molecule has 1 N–H and O–H groups in total. The van der Waals surface area contributed by atoms with Crippen LogP contribution in [0.2, 0.25) is 0 Å². The second kappa shape index (κ2) is 4.56. The summed E-state index contributed by atoms with van der Waals surface area (Å²) in [5, 5.41) is 18.2. The van der Waals surface area contributed by atoms with Crippen LogP contribution in [-0.2, 0) is 10.2 Å². The van der Waals surface area contributed by atoms with Crippen molar-refractivity contribution in [3.05, 3.63) is 35.4 Å². The van der Waals surface area contributed by atoms with Gasteiger partial charge in [-0.15, -0.1) is 0 Å². The summed E-state index contributed by atoms with van der Waals surface area (Å²) in [7, 11) is 0. The molecule has 4 nitrogen and oxygen atoms in total. The molecule has 0 aromatic heterocycles. The molecular weight excluding hydrogens is 218 g/mol. The van der Waals surface area contributed by atoms with E-state index in [-0.39, 0.29) is 5.56 Å². The monoisotopic (exact) mass is 231 g/mol. The normalized spacial score (nSPS) is 18.3. The van der Waals surface area contributed by atoms with Crippen molar-refractivity contribution in [3.63, 3.8) is 0 Å². The molecule has 0 bridgehead atoms. The quantitative estimate of drug-likeness (QED) is 0.844. The summed E-state index contributed by atoms with van der Waals surface area (Å²) in [5.41, 5.74) is 0.608. The number of hydrogen-bond donors (Lipinski definition) is 1. The lowest BCUT2D eigenvalue weighted by Crippen LogP contribution is -2.32. The van der Waals surface area contributed by atoms with Gasteiger partial charge in [-0.25, -0.2) is 4.79 Å². The summed E-state index contributed by atoms with van der Waals surface area (Å²) in [6.07, 6.45) is 1.33. The standard InChI is InChI=1S/C13H13NO3/c14-9-13(5-7-17-8-6-13)11-3-1-10(2-4-11)12(15)16/h1-4H,5-8H2,(H,15,16). The van der Waals surface area contributed by atoms with Crippen LogP contribution in [0.15, 0.2) is 24.3 Å². The molecule has 0 spiro atoms. The maximum absolute atomic E-state index is 10.8. The molecule has 1 aromatic carbocycles. The zero-order chi connectivity index (χ0) is 12.3. The third-order valence-electron chi connectivity index (χ3n) is 3.24. The first-order valence-electron chi connectivity index (χ1n) is 5.51. The lowest BCUT2D eigenvalue weighted by atomic mass is 9.75. The third-order valence-corrected chi connectivity index (χ3v) is 3.24. The number of carboxylic acids is 1.